The lowest BCUT2D eigenvalue weighted by Crippen LogP contribution is -2.50. The number of carbonyl (C=O) groups excluding carboxylic acids is 1. The molecule has 2 aromatic rings. The Balaban J connectivity index is 1.78. The molecule has 0 bridgehead atoms. The van der Waals surface area contributed by atoms with Crippen LogP contribution in [-0.4, -0.2) is 66.2 Å². The SMILES string of the molecule is NCCC(=O)N1CCN(S(=O)(=O)c2c[nH]c3ncccc23)CC1. The van der Waals surface area contributed by atoms with Gasteiger partial charge in [0.05, 0.1) is 0 Å². The highest BCUT2D eigenvalue weighted by Gasteiger charge is 2.31. The van der Waals surface area contributed by atoms with Crippen LogP contribution in [0.2, 0.25) is 0 Å². The van der Waals surface area contributed by atoms with E-state index >= 15 is 0 Å². The number of nitrogens with two attached hydrogens (primary N) is 1. The topological polar surface area (TPSA) is 112 Å². The summed E-state index contributed by atoms with van der Waals surface area (Å²) in [6.45, 7) is 1.65. The van der Waals surface area contributed by atoms with Crippen LogP contribution in [0.25, 0.3) is 11.0 Å². The van der Waals surface area contributed by atoms with E-state index < -0.39 is 10.0 Å². The lowest BCUT2D eigenvalue weighted by molar-refractivity contribution is -0.132. The molecule has 2 aromatic heterocycles. The minimum Gasteiger partial charge on any atom is -0.345 e. The van der Waals surface area contributed by atoms with Gasteiger partial charge in [-0.05, 0) is 12.1 Å². The molecule has 0 aromatic carbocycles. The van der Waals surface area contributed by atoms with Gasteiger partial charge in [-0.25, -0.2) is 13.4 Å². The van der Waals surface area contributed by atoms with Gasteiger partial charge in [0.2, 0.25) is 15.9 Å². The molecule has 0 saturated carbocycles. The second kappa shape index (κ2) is 6.26. The molecule has 1 saturated heterocycles. The van der Waals surface area contributed by atoms with Crippen molar-refractivity contribution in [2.45, 2.75) is 11.3 Å². The number of sulfonamides is 1. The number of hydrogen-bond donors (Lipinski definition) is 2. The summed E-state index contributed by atoms with van der Waals surface area (Å²) < 4.78 is 27.1. The molecule has 23 heavy (non-hydrogen) atoms. The van der Waals surface area contributed by atoms with Crippen molar-refractivity contribution in [3.8, 4) is 0 Å². The number of H-pyrrole nitrogens is 1. The number of rotatable bonds is 4. The van der Waals surface area contributed by atoms with Crippen molar-refractivity contribution < 1.29 is 13.2 Å². The minimum absolute atomic E-state index is 0.0270. The van der Waals surface area contributed by atoms with Gasteiger partial charge in [0.25, 0.3) is 0 Å². The zero-order valence-electron chi connectivity index (χ0n) is 12.6. The summed E-state index contributed by atoms with van der Waals surface area (Å²) in [7, 11) is -3.61. The first kappa shape index (κ1) is 15.9. The third kappa shape index (κ3) is 2.94. The number of hydrogen-bond acceptors (Lipinski definition) is 5. The Morgan fingerprint density at radius 1 is 1.30 bits per heavy atom. The summed E-state index contributed by atoms with van der Waals surface area (Å²) >= 11 is 0. The van der Waals surface area contributed by atoms with E-state index in [0.717, 1.165) is 0 Å². The summed E-state index contributed by atoms with van der Waals surface area (Å²) in [5, 5.41) is 0.578. The van der Waals surface area contributed by atoms with Gasteiger partial charge in [-0.3, -0.25) is 4.79 Å². The van der Waals surface area contributed by atoms with E-state index in [9.17, 15) is 13.2 Å². The van der Waals surface area contributed by atoms with Crippen LogP contribution in [0.1, 0.15) is 6.42 Å². The molecule has 3 heterocycles. The van der Waals surface area contributed by atoms with Gasteiger partial charge in [-0.2, -0.15) is 4.31 Å². The summed E-state index contributed by atoms with van der Waals surface area (Å²) in [5.41, 5.74) is 5.93. The maximum atomic E-state index is 12.8. The second-order valence-corrected chi connectivity index (χ2v) is 7.28. The van der Waals surface area contributed by atoms with Crippen molar-refractivity contribution in [1.82, 2.24) is 19.2 Å². The highest BCUT2D eigenvalue weighted by molar-refractivity contribution is 7.89. The van der Waals surface area contributed by atoms with Crippen molar-refractivity contribution in [1.29, 1.82) is 0 Å². The molecule has 3 N–H and O–H groups in total. The van der Waals surface area contributed by atoms with Gasteiger partial charge in [-0.1, -0.05) is 0 Å². The van der Waals surface area contributed by atoms with Crippen molar-refractivity contribution in [3.05, 3.63) is 24.5 Å². The van der Waals surface area contributed by atoms with Crippen LogP contribution in [0, 0.1) is 0 Å². The van der Waals surface area contributed by atoms with Gasteiger partial charge in [0.1, 0.15) is 10.5 Å². The Kier molecular flexibility index (Phi) is 4.33. The second-order valence-electron chi connectivity index (χ2n) is 5.38. The molecular formula is C14H19N5O3S. The van der Waals surface area contributed by atoms with Crippen LogP contribution in [0.4, 0.5) is 0 Å². The molecular weight excluding hydrogens is 318 g/mol. The standard InChI is InChI=1S/C14H19N5O3S/c15-4-3-13(20)18-6-8-19(9-7-18)23(21,22)12-10-17-14-11(12)2-1-5-16-14/h1-2,5,10H,3-4,6-9,15H2,(H,16,17). The van der Waals surface area contributed by atoms with Crippen LogP contribution in [0.3, 0.4) is 0 Å². The number of carbonyl (C=O) groups is 1. The zero-order valence-corrected chi connectivity index (χ0v) is 13.4. The fourth-order valence-corrected chi connectivity index (χ4v) is 4.32. The van der Waals surface area contributed by atoms with Crippen LogP contribution in [0.5, 0.6) is 0 Å². The molecule has 9 heteroatoms. The Bertz CT molecular complexity index is 809. The summed E-state index contributed by atoms with van der Waals surface area (Å²) in [5.74, 6) is -0.0270. The number of pyridine rings is 1. The number of fused-ring (bicyclic) bond motifs is 1. The largest absolute Gasteiger partial charge is 0.345 e. The van der Waals surface area contributed by atoms with Crippen LogP contribution >= 0.6 is 0 Å². The Morgan fingerprint density at radius 2 is 2.04 bits per heavy atom. The molecule has 0 spiro atoms. The quantitative estimate of drug-likeness (QED) is 0.798. The number of piperazine rings is 1. The van der Waals surface area contributed by atoms with Crippen LogP contribution in [-0.2, 0) is 14.8 Å². The van der Waals surface area contributed by atoms with E-state index in [-0.39, 0.29) is 23.9 Å². The van der Waals surface area contributed by atoms with E-state index in [0.29, 0.717) is 37.1 Å². The van der Waals surface area contributed by atoms with E-state index in [1.165, 1.54) is 10.5 Å². The monoisotopic (exact) mass is 337 g/mol. The zero-order chi connectivity index (χ0) is 16.4. The fraction of sp³-hybridized carbons (Fsp3) is 0.429. The predicted molar refractivity (Wildman–Crippen MR) is 85.1 cm³/mol. The number of aromatic amines is 1. The minimum atomic E-state index is -3.61. The molecule has 8 nitrogen and oxygen atoms in total. The molecule has 1 fully saturated rings. The Morgan fingerprint density at radius 3 is 2.74 bits per heavy atom. The molecule has 0 atom stereocenters. The highest BCUT2D eigenvalue weighted by Crippen LogP contribution is 2.25. The third-order valence-electron chi connectivity index (χ3n) is 3.98. The highest BCUT2D eigenvalue weighted by atomic mass is 32.2. The molecule has 124 valence electrons. The van der Waals surface area contributed by atoms with Gasteiger partial charge in [-0.15, -0.1) is 0 Å². The number of amides is 1. The molecule has 0 unspecified atom stereocenters. The lowest BCUT2D eigenvalue weighted by atomic mass is 10.3. The van der Waals surface area contributed by atoms with E-state index in [4.69, 9.17) is 5.73 Å². The first-order chi connectivity index (χ1) is 11.0. The summed E-state index contributed by atoms with van der Waals surface area (Å²) in [4.78, 5) is 20.7. The normalized spacial score (nSPS) is 16.8. The number of aromatic nitrogens is 2. The van der Waals surface area contributed by atoms with Gasteiger partial charge < -0.3 is 15.6 Å². The number of nitrogens with zero attached hydrogens (tertiary/aromatic N) is 3. The molecule has 1 amide bonds. The fourth-order valence-electron chi connectivity index (χ4n) is 2.74. The molecule has 3 rings (SSSR count). The average molecular weight is 337 g/mol. The van der Waals surface area contributed by atoms with E-state index in [1.54, 1.807) is 23.2 Å². The molecule has 0 aliphatic carbocycles. The van der Waals surface area contributed by atoms with E-state index in [2.05, 4.69) is 9.97 Å². The van der Waals surface area contributed by atoms with Gasteiger partial charge in [0.15, 0.2) is 0 Å². The molecule has 1 aliphatic heterocycles. The van der Waals surface area contributed by atoms with Gasteiger partial charge >= 0.3 is 0 Å². The maximum Gasteiger partial charge on any atom is 0.245 e. The van der Waals surface area contributed by atoms with Crippen LogP contribution in [0.15, 0.2) is 29.4 Å². The smallest absolute Gasteiger partial charge is 0.245 e. The third-order valence-corrected chi connectivity index (χ3v) is 5.92. The Hall–Kier alpha value is -1.97. The van der Waals surface area contributed by atoms with Crippen molar-refractivity contribution in [2.24, 2.45) is 5.73 Å². The number of nitrogens with one attached hydrogen (secondary N) is 1. The maximum absolute atomic E-state index is 12.8. The lowest BCUT2D eigenvalue weighted by Gasteiger charge is -2.33. The predicted octanol–water partition coefficient (Wildman–Crippen LogP) is -0.255. The Labute approximate surface area is 134 Å². The first-order valence-corrected chi connectivity index (χ1v) is 8.88. The van der Waals surface area contributed by atoms with Crippen molar-refractivity contribution in [2.75, 3.05) is 32.7 Å². The average Bonchev–Trinajstić information content (AvgIpc) is 3.00. The van der Waals surface area contributed by atoms with E-state index in [1.807, 2.05) is 0 Å². The van der Waals surface area contributed by atoms with Crippen molar-refractivity contribution in [3.63, 3.8) is 0 Å². The molecule has 0 radical (unpaired) electrons. The first-order valence-electron chi connectivity index (χ1n) is 7.44. The molecule has 1 aliphatic rings. The van der Waals surface area contributed by atoms with Crippen LogP contribution < -0.4 is 5.73 Å². The van der Waals surface area contributed by atoms with Crippen molar-refractivity contribution >= 4 is 27.0 Å². The summed E-state index contributed by atoms with van der Waals surface area (Å²) in [6.07, 6.45) is 3.37. The van der Waals surface area contributed by atoms with Gasteiger partial charge in [0, 0.05) is 56.9 Å². The summed E-state index contributed by atoms with van der Waals surface area (Å²) in [6, 6.07) is 3.44.